The molecule has 0 saturated carbocycles. The van der Waals surface area contributed by atoms with E-state index < -0.39 is 15.9 Å². The number of benzene rings is 2. The zero-order chi connectivity index (χ0) is 21.0. The molecule has 0 aliphatic heterocycles. The molecule has 0 unspecified atom stereocenters. The molecule has 7 nitrogen and oxygen atoms in total. The zero-order valence-electron chi connectivity index (χ0n) is 16.6. The maximum atomic E-state index is 12.7. The van der Waals surface area contributed by atoms with E-state index in [0.717, 1.165) is 5.56 Å². The summed E-state index contributed by atoms with van der Waals surface area (Å²) in [6.45, 7) is 4.17. The number of nitrogens with one attached hydrogen (secondary N) is 1. The summed E-state index contributed by atoms with van der Waals surface area (Å²) in [4.78, 5) is 12.7. The van der Waals surface area contributed by atoms with Gasteiger partial charge in [-0.3, -0.25) is 9.48 Å². The smallest absolute Gasteiger partial charge is 0.255 e. The Kier molecular flexibility index (Phi) is 6.14. The van der Waals surface area contributed by atoms with Gasteiger partial charge >= 0.3 is 0 Å². The minimum atomic E-state index is -3.66. The van der Waals surface area contributed by atoms with Gasteiger partial charge < -0.3 is 5.32 Å². The maximum Gasteiger partial charge on any atom is 0.255 e. The van der Waals surface area contributed by atoms with Crippen molar-refractivity contribution in [2.24, 2.45) is 0 Å². The Hall–Kier alpha value is -2.97. The average molecular weight is 413 g/mol. The van der Waals surface area contributed by atoms with Gasteiger partial charge in [0.1, 0.15) is 0 Å². The molecule has 0 saturated heterocycles. The molecular weight excluding hydrogens is 388 g/mol. The summed E-state index contributed by atoms with van der Waals surface area (Å²) in [5.41, 5.74) is 1.90. The third kappa shape index (κ3) is 4.90. The highest BCUT2D eigenvalue weighted by molar-refractivity contribution is 7.89. The molecule has 1 aromatic heterocycles. The molecule has 2 aromatic carbocycles. The first kappa shape index (κ1) is 20.8. The van der Waals surface area contributed by atoms with Crippen LogP contribution in [0.1, 0.15) is 29.8 Å². The molecule has 152 valence electrons. The Morgan fingerprint density at radius 2 is 1.86 bits per heavy atom. The van der Waals surface area contributed by atoms with E-state index >= 15 is 0 Å². The van der Waals surface area contributed by atoms with Gasteiger partial charge in [0.25, 0.3) is 5.91 Å². The third-order valence-electron chi connectivity index (χ3n) is 4.58. The van der Waals surface area contributed by atoms with Gasteiger partial charge in [-0.1, -0.05) is 36.4 Å². The third-order valence-corrected chi connectivity index (χ3v) is 6.61. The van der Waals surface area contributed by atoms with Crippen molar-refractivity contribution in [3.05, 3.63) is 78.1 Å². The molecule has 29 heavy (non-hydrogen) atoms. The van der Waals surface area contributed by atoms with Crippen LogP contribution in [0.2, 0.25) is 0 Å². The predicted octanol–water partition coefficient (Wildman–Crippen LogP) is 3.21. The second kappa shape index (κ2) is 8.59. The molecule has 3 rings (SSSR count). The van der Waals surface area contributed by atoms with Crippen LogP contribution in [0, 0.1) is 0 Å². The van der Waals surface area contributed by atoms with Gasteiger partial charge in [-0.25, -0.2) is 8.42 Å². The molecule has 1 N–H and O–H groups in total. The number of anilines is 1. The van der Waals surface area contributed by atoms with E-state index in [2.05, 4.69) is 10.4 Å². The van der Waals surface area contributed by atoms with Crippen molar-refractivity contribution in [1.82, 2.24) is 14.1 Å². The quantitative estimate of drug-likeness (QED) is 0.646. The lowest BCUT2D eigenvalue weighted by atomic mass is 10.2. The SMILES string of the molecule is CC(C)N(C)S(=O)(=O)c1cccc(C(=O)Nc2cnn(Cc3ccccc3)c2)c1. The first-order chi connectivity index (χ1) is 13.8. The lowest BCUT2D eigenvalue weighted by Gasteiger charge is -2.21. The molecule has 0 spiro atoms. The first-order valence-corrected chi connectivity index (χ1v) is 10.7. The number of hydrogen-bond donors (Lipinski definition) is 1. The van der Waals surface area contributed by atoms with Gasteiger partial charge in [0.15, 0.2) is 0 Å². The van der Waals surface area contributed by atoms with Crippen LogP contribution in [0.25, 0.3) is 0 Å². The molecule has 3 aromatic rings. The predicted molar refractivity (Wildman–Crippen MR) is 112 cm³/mol. The summed E-state index contributed by atoms with van der Waals surface area (Å²) < 4.78 is 28.3. The van der Waals surface area contributed by atoms with Gasteiger partial charge in [0.05, 0.1) is 23.3 Å². The summed E-state index contributed by atoms with van der Waals surface area (Å²) >= 11 is 0. The van der Waals surface area contributed by atoms with Crippen LogP contribution >= 0.6 is 0 Å². The lowest BCUT2D eigenvalue weighted by Crippen LogP contribution is -2.33. The zero-order valence-corrected chi connectivity index (χ0v) is 17.4. The van der Waals surface area contributed by atoms with Crippen LogP contribution in [0.4, 0.5) is 5.69 Å². The van der Waals surface area contributed by atoms with Crippen molar-refractivity contribution >= 4 is 21.6 Å². The summed E-state index contributed by atoms with van der Waals surface area (Å²) in [6, 6.07) is 15.7. The Bertz CT molecular complexity index is 1090. The number of carbonyl (C=O) groups excluding carboxylic acids is 1. The Morgan fingerprint density at radius 1 is 1.14 bits per heavy atom. The van der Waals surface area contributed by atoms with Crippen LogP contribution in [0.15, 0.2) is 71.9 Å². The van der Waals surface area contributed by atoms with Gasteiger partial charge in [-0.05, 0) is 37.6 Å². The minimum absolute atomic E-state index is 0.0844. The van der Waals surface area contributed by atoms with Gasteiger partial charge in [-0.2, -0.15) is 9.40 Å². The van der Waals surface area contributed by atoms with Crippen molar-refractivity contribution in [2.45, 2.75) is 31.3 Å². The fourth-order valence-electron chi connectivity index (χ4n) is 2.73. The maximum absolute atomic E-state index is 12.7. The molecule has 1 heterocycles. The van der Waals surface area contributed by atoms with Crippen molar-refractivity contribution < 1.29 is 13.2 Å². The molecule has 0 aliphatic rings. The molecule has 0 atom stereocenters. The monoisotopic (exact) mass is 412 g/mol. The normalized spacial score (nSPS) is 11.8. The largest absolute Gasteiger partial charge is 0.319 e. The Labute approximate surface area is 171 Å². The van der Waals surface area contributed by atoms with Crippen LogP contribution in [-0.2, 0) is 16.6 Å². The Balaban J connectivity index is 1.73. The number of sulfonamides is 1. The second-order valence-electron chi connectivity index (χ2n) is 7.01. The topological polar surface area (TPSA) is 84.3 Å². The standard InChI is InChI=1S/C21H24N4O3S/c1-16(2)24(3)29(27,28)20-11-7-10-18(12-20)21(26)23-19-13-22-25(15-19)14-17-8-5-4-6-9-17/h4-13,15-16H,14H2,1-3H3,(H,23,26). The first-order valence-electron chi connectivity index (χ1n) is 9.23. The average Bonchev–Trinajstić information content (AvgIpc) is 3.14. The summed E-state index contributed by atoms with van der Waals surface area (Å²) in [6.07, 6.45) is 3.30. The molecule has 0 radical (unpaired) electrons. The van der Waals surface area contributed by atoms with E-state index in [9.17, 15) is 13.2 Å². The highest BCUT2D eigenvalue weighted by atomic mass is 32.2. The summed E-state index contributed by atoms with van der Waals surface area (Å²) in [7, 11) is -2.14. The number of aromatic nitrogens is 2. The van der Waals surface area contributed by atoms with Crippen molar-refractivity contribution in [2.75, 3.05) is 12.4 Å². The van der Waals surface area contributed by atoms with Gasteiger partial charge in [0, 0.05) is 24.8 Å². The second-order valence-corrected chi connectivity index (χ2v) is 9.01. The van der Waals surface area contributed by atoms with E-state index in [1.807, 2.05) is 30.3 Å². The number of rotatable bonds is 7. The number of amides is 1. The Morgan fingerprint density at radius 3 is 2.55 bits per heavy atom. The van der Waals surface area contributed by atoms with Crippen molar-refractivity contribution in [3.63, 3.8) is 0 Å². The van der Waals surface area contributed by atoms with Crippen molar-refractivity contribution in [3.8, 4) is 0 Å². The highest BCUT2D eigenvalue weighted by Gasteiger charge is 2.24. The van der Waals surface area contributed by atoms with Crippen LogP contribution in [0.5, 0.6) is 0 Å². The fourth-order valence-corrected chi connectivity index (χ4v) is 4.14. The van der Waals surface area contributed by atoms with Crippen molar-refractivity contribution in [1.29, 1.82) is 0 Å². The molecule has 0 fully saturated rings. The molecule has 0 aliphatic carbocycles. The number of hydrogen-bond acceptors (Lipinski definition) is 4. The van der Waals surface area contributed by atoms with E-state index in [1.54, 1.807) is 43.1 Å². The minimum Gasteiger partial charge on any atom is -0.319 e. The highest BCUT2D eigenvalue weighted by Crippen LogP contribution is 2.19. The summed E-state index contributed by atoms with van der Waals surface area (Å²) in [5, 5.41) is 7.02. The van der Waals surface area contributed by atoms with E-state index in [0.29, 0.717) is 12.2 Å². The molecule has 0 bridgehead atoms. The molecule has 8 heteroatoms. The van der Waals surface area contributed by atoms with Crippen LogP contribution in [0.3, 0.4) is 0 Å². The van der Waals surface area contributed by atoms with Crippen LogP contribution in [-0.4, -0.2) is 41.5 Å². The fraction of sp³-hybridized carbons (Fsp3) is 0.238. The molecule has 1 amide bonds. The van der Waals surface area contributed by atoms with Gasteiger partial charge in [-0.15, -0.1) is 0 Å². The van der Waals surface area contributed by atoms with Crippen LogP contribution < -0.4 is 5.32 Å². The lowest BCUT2D eigenvalue weighted by molar-refractivity contribution is 0.102. The van der Waals surface area contributed by atoms with Gasteiger partial charge in [0.2, 0.25) is 10.0 Å². The summed E-state index contributed by atoms with van der Waals surface area (Å²) in [5.74, 6) is -0.395. The molecular formula is C21H24N4O3S. The number of nitrogens with zero attached hydrogens (tertiary/aromatic N) is 3. The van der Waals surface area contributed by atoms with E-state index in [-0.39, 0.29) is 16.5 Å². The van der Waals surface area contributed by atoms with E-state index in [4.69, 9.17) is 0 Å². The number of carbonyl (C=O) groups is 1. The van der Waals surface area contributed by atoms with E-state index in [1.165, 1.54) is 23.5 Å².